The molecule has 0 amide bonds. The van der Waals surface area contributed by atoms with Crippen molar-refractivity contribution in [2.24, 2.45) is 0 Å². The Kier molecular flexibility index (Phi) is 7.33. The van der Waals surface area contributed by atoms with Gasteiger partial charge in [-0.05, 0) is 31.4 Å². The van der Waals surface area contributed by atoms with Gasteiger partial charge in [-0.3, -0.25) is 0 Å². The average Bonchev–Trinajstić information content (AvgIpc) is 2.43. The Bertz CT molecular complexity index is 486. The second-order valence-electron chi connectivity index (χ2n) is 4.50. The van der Waals surface area contributed by atoms with Gasteiger partial charge in [0.2, 0.25) is 0 Å². The van der Waals surface area contributed by atoms with Gasteiger partial charge in [-0.2, -0.15) is 0 Å². The smallest absolute Gasteiger partial charge is 0.141 e. The van der Waals surface area contributed by atoms with E-state index in [1.807, 2.05) is 26.0 Å². The fourth-order valence-electron chi connectivity index (χ4n) is 1.94. The van der Waals surface area contributed by atoms with E-state index in [0.717, 1.165) is 24.2 Å². The Labute approximate surface area is 127 Å². The topological polar surface area (TPSA) is 18.5 Å². The Morgan fingerprint density at radius 3 is 2.30 bits per heavy atom. The van der Waals surface area contributed by atoms with Crippen molar-refractivity contribution in [2.45, 2.75) is 46.5 Å². The Hall–Kier alpha value is -1.33. The van der Waals surface area contributed by atoms with Crippen molar-refractivity contribution in [3.8, 4) is 23.3 Å². The van der Waals surface area contributed by atoms with Crippen molar-refractivity contribution in [2.75, 3.05) is 13.2 Å². The first-order valence-corrected chi connectivity index (χ1v) is 7.56. The number of halogens is 1. The highest BCUT2D eigenvalue weighted by Gasteiger charge is 2.15. The summed E-state index contributed by atoms with van der Waals surface area (Å²) in [7, 11) is 0. The van der Waals surface area contributed by atoms with Gasteiger partial charge < -0.3 is 9.47 Å². The highest BCUT2D eigenvalue weighted by atomic mass is 35.5. The summed E-state index contributed by atoms with van der Waals surface area (Å²) in [5.74, 6) is 8.07. The van der Waals surface area contributed by atoms with Gasteiger partial charge in [0, 0.05) is 18.9 Å². The molecule has 0 aliphatic rings. The third-order valence-corrected chi connectivity index (χ3v) is 3.20. The summed E-state index contributed by atoms with van der Waals surface area (Å²) in [5, 5.41) is 0.626. The molecular formula is C17H23ClO2. The monoisotopic (exact) mass is 294 g/mol. The summed E-state index contributed by atoms with van der Waals surface area (Å²) in [6.45, 7) is 9.31. The van der Waals surface area contributed by atoms with Crippen LogP contribution in [-0.2, 0) is 0 Å². The summed E-state index contributed by atoms with van der Waals surface area (Å²) in [6.07, 6.45) is 1.69. The molecule has 3 heteroatoms. The van der Waals surface area contributed by atoms with Crippen LogP contribution in [0.5, 0.6) is 11.5 Å². The van der Waals surface area contributed by atoms with Crippen LogP contribution >= 0.6 is 11.6 Å². The molecule has 0 saturated carbocycles. The number of rotatable bonds is 6. The summed E-state index contributed by atoms with van der Waals surface area (Å²) in [6, 6.07) is 3.82. The van der Waals surface area contributed by atoms with E-state index in [9.17, 15) is 0 Å². The fraction of sp³-hybridized carbons (Fsp3) is 0.529. The van der Waals surface area contributed by atoms with Gasteiger partial charge in [-0.1, -0.05) is 25.4 Å². The summed E-state index contributed by atoms with van der Waals surface area (Å²) in [4.78, 5) is 0. The lowest BCUT2D eigenvalue weighted by Crippen LogP contribution is -2.02. The van der Waals surface area contributed by atoms with Crippen LogP contribution in [0.15, 0.2) is 12.1 Å². The van der Waals surface area contributed by atoms with Gasteiger partial charge in [0.05, 0.1) is 18.2 Å². The largest absolute Gasteiger partial charge is 0.493 e. The molecule has 0 radical (unpaired) electrons. The maximum Gasteiger partial charge on any atom is 0.141 e. The van der Waals surface area contributed by atoms with E-state index >= 15 is 0 Å². The standard InChI is InChI=1S/C17H23ClO2/c1-5-8-9-10-13(4)14-11-15(18)17(20-7-3)12-16(14)19-6-2/h11-13H,5-7,10H2,1-4H3. The lowest BCUT2D eigenvalue weighted by Gasteiger charge is -2.17. The van der Waals surface area contributed by atoms with Crippen LogP contribution in [0.3, 0.4) is 0 Å². The number of benzene rings is 1. The minimum absolute atomic E-state index is 0.281. The Morgan fingerprint density at radius 1 is 1.05 bits per heavy atom. The fourth-order valence-corrected chi connectivity index (χ4v) is 2.17. The zero-order valence-corrected chi connectivity index (χ0v) is 13.5. The summed E-state index contributed by atoms with van der Waals surface area (Å²) >= 11 is 6.27. The van der Waals surface area contributed by atoms with Crippen LogP contribution in [0, 0.1) is 11.8 Å². The predicted molar refractivity (Wildman–Crippen MR) is 84.9 cm³/mol. The highest BCUT2D eigenvalue weighted by Crippen LogP contribution is 2.37. The molecule has 0 fully saturated rings. The lowest BCUT2D eigenvalue weighted by atomic mass is 9.96. The first kappa shape index (κ1) is 16.7. The van der Waals surface area contributed by atoms with E-state index in [1.54, 1.807) is 0 Å². The molecule has 110 valence electrons. The molecule has 0 spiro atoms. The number of ether oxygens (including phenoxy) is 2. The second-order valence-corrected chi connectivity index (χ2v) is 4.91. The Balaban J connectivity index is 3.06. The molecule has 0 aliphatic heterocycles. The first-order valence-electron chi connectivity index (χ1n) is 7.18. The SMILES string of the molecule is CCC#CCC(C)c1cc(Cl)c(OCC)cc1OCC. The zero-order chi connectivity index (χ0) is 15.0. The molecule has 1 atom stereocenters. The molecule has 1 aromatic carbocycles. The first-order chi connectivity index (χ1) is 9.63. The summed E-state index contributed by atoms with van der Waals surface area (Å²) in [5.41, 5.74) is 1.09. The molecule has 0 saturated heterocycles. The van der Waals surface area contributed by atoms with Crippen LogP contribution in [0.25, 0.3) is 0 Å². The van der Waals surface area contributed by atoms with Crippen molar-refractivity contribution >= 4 is 11.6 Å². The maximum absolute atomic E-state index is 6.27. The molecule has 2 nitrogen and oxygen atoms in total. The maximum atomic E-state index is 6.27. The molecule has 0 bridgehead atoms. The molecule has 0 aliphatic carbocycles. The predicted octanol–water partition coefficient (Wildman–Crippen LogP) is 5.04. The van der Waals surface area contributed by atoms with E-state index < -0.39 is 0 Å². The average molecular weight is 295 g/mol. The molecule has 1 unspecified atom stereocenters. The zero-order valence-electron chi connectivity index (χ0n) is 12.8. The van der Waals surface area contributed by atoms with Crippen molar-refractivity contribution in [1.29, 1.82) is 0 Å². The van der Waals surface area contributed by atoms with E-state index in [0.29, 0.717) is 24.0 Å². The third kappa shape index (κ3) is 4.65. The highest BCUT2D eigenvalue weighted by molar-refractivity contribution is 6.32. The lowest BCUT2D eigenvalue weighted by molar-refractivity contribution is 0.319. The normalized spacial score (nSPS) is 11.4. The van der Waals surface area contributed by atoms with Gasteiger partial charge in [0.25, 0.3) is 0 Å². The molecule has 0 N–H and O–H groups in total. The van der Waals surface area contributed by atoms with Crippen LogP contribution in [0.1, 0.15) is 52.0 Å². The van der Waals surface area contributed by atoms with Gasteiger partial charge >= 0.3 is 0 Å². The van der Waals surface area contributed by atoms with Gasteiger partial charge in [0.1, 0.15) is 11.5 Å². The summed E-state index contributed by atoms with van der Waals surface area (Å²) < 4.78 is 11.2. The molecule has 1 aromatic rings. The van der Waals surface area contributed by atoms with Gasteiger partial charge in [-0.25, -0.2) is 0 Å². The van der Waals surface area contributed by atoms with Gasteiger partial charge in [0.15, 0.2) is 0 Å². The van der Waals surface area contributed by atoms with Gasteiger partial charge in [-0.15, -0.1) is 11.8 Å². The molecule has 1 rings (SSSR count). The second kappa shape index (κ2) is 8.76. The molecule has 20 heavy (non-hydrogen) atoms. The quantitative estimate of drug-likeness (QED) is 0.684. The van der Waals surface area contributed by atoms with Crippen LogP contribution < -0.4 is 9.47 Å². The molecular weight excluding hydrogens is 272 g/mol. The molecule has 0 heterocycles. The van der Waals surface area contributed by atoms with Crippen LogP contribution in [0.2, 0.25) is 5.02 Å². The van der Waals surface area contributed by atoms with Crippen molar-refractivity contribution in [3.63, 3.8) is 0 Å². The minimum atomic E-state index is 0.281. The van der Waals surface area contributed by atoms with E-state index in [2.05, 4.69) is 25.7 Å². The number of hydrogen-bond donors (Lipinski definition) is 0. The van der Waals surface area contributed by atoms with E-state index in [4.69, 9.17) is 21.1 Å². The molecule has 0 aromatic heterocycles. The number of hydrogen-bond acceptors (Lipinski definition) is 2. The minimum Gasteiger partial charge on any atom is -0.493 e. The van der Waals surface area contributed by atoms with Crippen molar-refractivity contribution in [3.05, 3.63) is 22.7 Å². The Morgan fingerprint density at radius 2 is 1.70 bits per heavy atom. The van der Waals surface area contributed by atoms with Crippen LogP contribution in [0.4, 0.5) is 0 Å². The van der Waals surface area contributed by atoms with E-state index in [1.165, 1.54) is 0 Å². The van der Waals surface area contributed by atoms with Crippen molar-refractivity contribution < 1.29 is 9.47 Å². The van der Waals surface area contributed by atoms with E-state index in [-0.39, 0.29) is 5.92 Å². The van der Waals surface area contributed by atoms with Crippen LogP contribution in [-0.4, -0.2) is 13.2 Å². The van der Waals surface area contributed by atoms with Crippen molar-refractivity contribution in [1.82, 2.24) is 0 Å². The third-order valence-electron chi connectivity index (χ3n) is 2.90.